The lowest BCUT2D eigenvalue weighted by atomic mass is 9.72. The molecule has 53 heavy (non-hydrogen) atoms. The number of halogens is 6. The molecule has 0 radical (unpaired) electrons. The van der Waals surface area contributed by atoms with Crippen molar-refractivity contribution >= 4 is 33.1 Å². The average molecular weight is 759 g/mol. The van der Waals surface area contributed by atoms with Crippen molar-refractivity contribution in [3.8, 4) is 23.0 Å². The van der Waals surface area contributed by atoms with E-state index in [4.69, 9.17) is 4.74 Å². The number of ketones is 1. The molecule has 0 saturated carbocycles. The first-order valence-corrected chi connectivity index (χ1v) is 16.8. The number of anilines is 2. The van der Waals surface area contributed by atoms with E-state index in [0.29, 0.717) is 47.2 Å². The number of benzene rings is 5. The van der Waals surface area contributed by atoms with Gasteiger partial charge in [0.15, 0.2) is 5.78 Å². The Labute approximate surface area is 298 Å². The summed E-state index contributed by atoms with van der Waals surface area (Å²) in [5.41, 5.74) is -8.69. The highest BCUT2D eigenvalue weighted by atomic mass is 32.2. The molecular weight excluding hydrogens is 730 g/mol. The van der Waals surface area contributed by atoms with Crippen molar-refractivity contribution in [2.75, 3.05) is 10.0 Å². The van der Waals surface area contributed by atoms with Gasteiger partial charge in [0.25, 0.3) is 15.9 Å². The van der Waals surface area contributed by atoms with Crippen molar-refractivity contribution in [3.05, 3.63) is 137 Å². The summed E-state index contributed by atoms with van der Waals surface area (Å²) < 4.78 is 124. The molecule has 276 valence electrons. The summed E-state index contributed by atoms with van der Waals surface area (Å²) in [4.78, 5) is 24.2. The van der Waals surface area contributed by atoms with Gasteiger partial charge in [-0.15, -0.1) is 0 Å². The maximum absolute atomic E-state index is 15.0. The zero-order valence-electron chi connectivity index (χ0n) is 27.5. The number of alkyl halides is 6. The van der Waals surface area contributed by atoms with Gasteiger partial charge in [-0.2, -0.15) is 26.3 Å². The van der Waals surface area contributed by atoms with Crippen molar-refractivity contribution in [2.45, 2.75) is 36.5 Å². The Balaban J connectivity index is 1.49. The second-order valence-electron chi connectivity index (χ2n) is 11.8. The van der Waals surface area contributed by atoms with E-state index in [0.717, 1.165) is 12.1 Å². The van der Waals surface area contributed by atoms with Gasteiger partial charge in [-0.25, -0.2) is 8.42 Å². The highest BCUT2D eigenvalue weighted by Gasteiger charge is 2.72. The number of amides is 1. The van der Waals surface area contributed by atoms with Gasteiger partial charge in [-0.1, -0.05) is 29.8 Å². The predicted molar refractivity (Wildman–Crippen MR) is 182 cm³/mol. The molecule has 0 heterocycles. The van der Waals surface area contributed by atoms with Crippen molar-refractivity contribution in [3.63, 3.8) is 0 Å². The van der Waals surface area contributed by atoms with Crippen LogP contribution < -0.4 is 14.8 Å². The number of phenols is 2. The third-order valence-corrected chi connectivity index (χ3v) is 9.53. The summed E-state index contributed by atoms with van der Waals surface area (Å²) in [6.07, 6.45) is -12.3. The molecule has 5 rings (SSSR count). The number of rotatable bonds is 10. The van der Waals surface area contributed by atoms with E-state index in [-0.39, 0.29) is 28.1 Å². The Morgan fingerprint density at radius 3 is 1.57 bits per heavy atom. The Kier molecular flexibility index (Phi) is 10.2. The number of aromatic hydroxyl groups is 2. The second-order valence-corrected chi connectivity index (χ2v) is 13.5. The third kappa shape index (κ3) is 7.77. The van der Waals surface area contributed by atoms with Crippen LogP contribution >= 0.6 is 0 Å². The van der Waals surface area contributed by atoms with E-state index >= 15 is 26.3 Å². The van der Waals surface area contributed by atoms with Crippen molar-refractivity contribution < 1.29 is 59.3 Å². The van der Waals surface area contributed by atoms with Crippen LogP contribution in [0.4, 0.5) is 37.7 Å². The molecule has 0 bridgehead atoms. The highest BCUT2D eigenvalue weighted by molar-refractivity contribution is 7.92. The van der Waals surface area contributed by atoms with Gasteiger partial charge in [0.05, 0.1) is 16.3 Å². The van der Waals surface area contributed by atoms with Crippen molar-refractivity contribution in [1.29, 1.82) is 0 Å². The first kappa shape index (κ1) is 38.2. The molecule has 0 saturated heterocycles. The fraction of sp³-hybridized carbons (Fsp3) is 0.135. The standard InChI is InChI=1S/C37H28F6N2O7S/c1-21-3-15-29(16-4-21)53(50,51)45-31-20-26(10-18-33(31)48)35(36(38,39)40,37(41,42)43)25-9-17-32(47)30(19-25)44-34(49)24-7-13-28(14-8-24)52-27-11-5-23(6-12-27)22(2)46/h3-20,45,47-48H,1-2H3,(H,44,49). The fourth-order valence-electron chi connectivity index (χ4n) is 5.39. The minimum atomic E-state index is -6.16. The predicted octanol–water partition coefficient (Wildman–Crippen LogP) is 8.86. The van der Waals surface area contributed by atoms with Crippen LogP contribution in [0, 0.1) is 6.92 Å². The molecular formula is C37H28F6N2O7S. The molecule has 0 fully saturated rings. The lowest BCUT2D eigenvalue weighted by Gasteiger charge is -2.38. The van der Waals surface area contributed by atoms with Crippen LogP contribution in [0.5, 0.6) is 23.0 Å². The summed E-state index contributed by atoms with van der Waals surface area (Å²) in [6, 6.07) is 18.7. The number of aryl methyl sites for hydroxylation is 1. The molecule has 1 amide bonds. The zero-order chi connectivity index (χ0) is 38.9. The molecule has 0 aliphatic rings. The summed E-state index contributed by atoms with van der Waals surface area (Å²) in [7, 11) is -4.60. The zero-order valence-corrected chi connectivity index (χ0v) is 28.3. The van der Waals surface area contributed by atoms with E-state index in [1.54, 1.807) is 19.1 Å². The van der Waals surface area contributed by atoms with Crippen molar-refractivity contribution in [2.24, 2.45) is 0 Å². The Morgan fingerprint density at radius 2 is 1.09 bits per heavy atom. The number of carbonyl (C=O) groups excluding carboxylic acids is 2. The topological polar surface area (TPSA) is 142 Å². The normalized spacial score (nSPS) is 12.2. The lowest BCUT2D eigenvalue weighted by molar-refractivity contribution is -0.288. The van der Waals surface area contributed by atoms with E-state index in [9.17, 15) is 28.2 Å². The first-order chi connectivity index (χ1) is 24.7. The van der Waals surface area contributed by atoms with Gasteiger partial charge in [-0.05, 0) is 110 Å². The quantitative estimate of drug-likeness (QED) is 0.0634. The molecule has 16 heteroatoms. The molecule has 0 unspecified atom stereocenters. The Morgan fingerprint density at radius 1 is 0.642 bits per heavy atom. The van der Waals surface area contributed by atoms with Crippen LogP contribution in [-0.4, -0.2) is 42.7 Å². The second kappa shape index (κ2) is 14.2. The SMILES string of the molecule is CC(=O)c1ccc(Oc2ccc(C(=O)Nc3cc(C(c4ccc(O)c(NS(=O)(=O)c5ccc(C)cc5)c4)(C(F)(F)F)C(F)(F)F)ccc3O)cc2)cc1. The monoisotopic (exact) mass is 758 g/mol. The van der Waals surface area contributed by atoms with Gasteiger partial charge in [-0.3, -0.25) is 14.3 Å². The van der Waals surface area contributed by atoms with Gasteiger partial charge in [0.2, 0.25) is 5.41 Å². The minimum Gasteiger partial charge on any atom is -0.506 e. The van der Waals surface area contributed by atoms with Gasteiger partial charge >= 0.3 is 12.4 Å². The highest BCUT2D eigenvalue weighted by Crippen LogP contribution is 2.57. The maximum atomic E-state index is 15.0. The van der Waals surface area contributed by atoms with E-state index < -0.39 is 67.7 Å². The minimum absolute atomic E-state index is 0.115. The number of sulfonamides is 1. The number of hydrogen-bond acceptors (Lipinski definition) is 7. The molecule has 0 atom stereocenters. The molecule has 5 aromatic carbocycles. The number of phenolic OH excluding ortho intramolecular Hbond substituents is 2. The van der Waals surface area contributed by atoms with Crippen LogP contribution in [0.25, 0.3) is 0 Å². The smallest absolute Gasteiger partial charge is 0.411 e. The number of ether oxygens (including phenoxy) is 1. The fourth-order valence-corrected chi connectivity index (χ4v) is 6.45. The lowest BCUT2D eigenvalue weighted by Crippen LogP contribution is -2.54. The van der Waals surface area contributed by atoms with Crippen LogP contribution in [0.1, 0.15) is 44.3 Å². The maximum Gasteiger partial charge on any atom is 0.411 e. The molecule has 0 aliphatic heterocycles. The van der Waals surface area contributed by atoms with Crippen LogP contribution in [0.2, 0.25) is 0 Å². The molecule has 0 aromatic heterocycles. The van der Waals surface area contributed by atoms with E-state index in [1.165, 1.54) is 55.5 Å². The van der Waals surface area contributed by atoms with Crippen LogP contribution in [0.15, 0.2) is 114 Å². The van der Waals surface area contributed by atoms with Crippen molar-refractivity contribution in [1.82, 2.24) is 0 Å². The molecule has 0 spiro atoms. The number of nitrogens with one attached hydrogen (secondary N) is 2. The summed E-state index contributed by atoms with van der Waals surface area (Å²) in [5, 5.41) is 22.9. The van der Waals surface area contributed by atoms with Gasteiger partial charge in [0.1, 0.15) is 23.0 Å². The largest absolute Gasteiger partial charge is 0.506 e. The van der Waals surface area contributed by atoms with E-state index in [2.05, 4.69) is 5.32 Å². The van der Waals surface area contributed by atoms with E-state index in [1.807, 2.05) is 4.72 Å². The molecule has 4 N–H and O–H groups in total. The third-order valence-electron chi connectivity index (χ3n) is 8.15. The molecule has 0 aliphatic carbocycles. The van der Waals surface area contributed by atoms with Crippen LogP contribution in [0.3, 0.4) is 0 Å². The molecule has 9 nitrogen and oxygen atoms in total. The summed E-state index contributed by atoms with van der Waals surface area (Å²) in [5.74, 6) is -2.40. The number of hydrogen-bond donors (Lipinski definition) is 4. The summed E-state index contributed by atoms with van der Waals surface area (Å²) >= 11 is 0. The first-order valence-electron chi connectivity index (χ1n) is 15.3. The Bertz CT molecular complexity index is 2260. The number of carbonyl (C=O) groups is 2. The van der Waals surface area contributed by atoms with Gasteiger partial charge in [0, 0.05) is 11.1 Å². The number of Topliss-reactive ketones (excluding diaryl/α,β-unsaturated/α-hetero) is 1. The Hall–Kier alpha value is -6.03. The molecule has 5 aromatic rings. The van der Waals surface area contributed by atoms with Gasteiger partial charge < -0.3 is 20.3 Å². The van der Waals surface area contributed by atoms with Crippen LogP contribution in [-0.2, 0) is 15.4 Å². The average Bonchev–Trinajstić information content (AvgIpc) is 3.07. The summed E-state index contributed by atoms with van der Waals surface area (Å²) in [6.45, 7) is 3.05.